The maximum Gasteiger partial charge on any atom is 0.106 e. The van der Waals surface area contributed by atoms with E-state index in [2.05, 4.69) is 29.1 Å². The minimum Gasteiger partial charge on any atom is -0.346 e. The molecule has 1 aliphatic rings. The molecule has 14 heavy (non-hydrogen) atoms. The quantitative estimate of drug-likeness (QED) is 0.758. The van der Waals surface area contributed by atoms with E-state index in [-0.39, 0.29) is 0 Å². The van der Waals surface area contributed by atoms with Gasteiger partial charge in [0.25, 0.3) is 0 Å². The Hall–Kier alpha value is -0.830. The number of hydrogen-bond acceptors (Lipinski definition) is 2. The van der Waals surface area contributed by atoms with E-state index in [1.165, 1.54) is 5.69 Å². The largest absolute Gasteiger partial charge is 0.346 e. The topological polar surface area (TPSA) is 40.7 Å². The van der Waals surface area contributed by atoms with Crippen molar-refractivity contribution < 1.29 is 0 Å². The summed E-state index contributed by atoms with van der Waals surface area (Å²) in [4.78, 5) is 7.81. The number of aromatic nitrogens is 2. The molecule has 2 heterocycles. The van der Waals surface area contributed by atoms with Crippen LogP contribution in [0.4, 0.5) is 0 Å². The van der Waals surface area contributed by atoms with Gasteiger partial charge in [-0.15, -0.1) is 0 Å². The van der Waals surface area contributed by atoms with Gasteiger partial charge in [0.2, 0.25) is 0 Å². The predicted octanol–water partition coefficient (Wildman–Crippen LogP) is 1.37. The van der Waals surface area contributed by atoms with Crippen molar-refractivity contribution in [1.29, 1.82) is 0 Å². The highest BCUT2D eigenvalue weighted by atomic mass is 15.0. The van der Waals surface area contributed by atoms with Gasteiger partial charge in [-0.1, -0.05) is 13.8 Å². The summed E-state index contributed by atoms with van der Waals surface area (Å²) in [6.07, 6.45) is 4.20. The molecule has 0 aromatic carbocycles. The van der Waals surface area contributed by atoms with Gasteiger partial charge in [0.15, 0.2) is 0 Å². The lowest BCUT2D eigenvalue weighted by atomic mass is 9.99. The molecule has 0 unspecified atom stereocenters. The Balaban J connectivity index is 1.88. The Morgan fingerprint density at radius 2 is 2.29 bits per heavy atom. The lowest BCUT2D eigenvalue weighted by Gasteiger charge is -2.25. The number of hydrogen-bond donors (Lipinski definition) is 2. The van der Waals surface area contributed by atoms with Crippen LogP contribution in [0.5, 0.6) is 0 Å². The monoisotopic (exact) mass is 193 g/mol. The van der Waals surface area contributed by atoms with Gasteiger partial charge in [-0.05, 0) is 31.3 Å². The van der Waals surface area contributed by atoms with Crippen molar-refractivity contribution >= 4 is 0 Å². The van der Waals surface area contributed by atoms with Gasteiger partial charge >= 0.3 is 0 Å². The van der Waals surface area contributed by atoms with E-state index >= 15 is 0 Å². The van der Waals surface area contributed by atoms with Gasteiger partial charge in [-0.3, -0.25) is 0 Å². The third-order valence-corrected chi connectivity index (χ3v) is 2.66. The van der Waals surface area contributed by atoms with Crippen molar-refractivity contribution in [3.05, 3.63) is 17.7 Å². The van der Waals surface area contributed by atoms with Crippen molar-refractivity contribution in [1.82, 2.24) is 15.3 Å². The normalized spacial score (nSPS) is 17.4. The third kappa shape index (κ3) is 2.35. The zero-order valence-electron chi connectivity index (χ0n) is 9.01. The van der Waals surface area contributed by atoms with E-state index in [4.69, 9.17) is 0 Å². The molecule has 0 spiro atoms. The maximum atomic E-state index is 4.41. The highest BCUT2D eigenvalue weighted by Crippen LogP contribution is 2.11. The van der Waals surface area contributed by atoms with Crippen molar-refractivity contribution in [2.45, 2.75) is 26.7 Å². The summed E-state index contributed by atoms with van der Waals surface area (Å²) in [7, 11) is 0. The van der Waals surface area contributed by atoms with Gasteiger partial charge in [-0.25, -0.2) is 4.98 Å². The van der Waals surface area contributed by atoms with Crippen LogP contribution in [0.15, 0.2) is 6.20 Å². The fourth-order valence-corrected chi connectivity index (χ4v) is 1.82. The van der Waals surface area contributed by atoms with Gasteiger partial charge in [-0.2, -0.15) is 0 Å². The molecular weight excluding hydrogens is 174 g/mol. The summed E-state index contributed by atoms with van der Waals surface area (Å²) < 4.78 is 0. The Morgan fingerprint density at radius 3 is 2.86 bits per heavy atom. The average Bonchev–Trinajstić information content (AvgIpc) is 2.44. The Bertz CT molecular complexity index is 286. The summed E-state index contributed by atoms with van der Waals surface area (Å²) in [6, 6.07) is 0. The molecule has 1 fully saturated rings. The van der Waals surface area contributed by atoms with Crippen LogP contribution in [0.1, 0.15) is 25.4 Å². The van der Waals surface area contributed by atoms with Crippen LogP contribution in [0.2, 0.25) is 0 Å². The fourth-order valence-electron chi connectivity index (χ4n) is 1.82. The van der Waals surface area contributed by atoms with E-state index in [9.17, 15) is 0 Å². The molecule has 3 nitrogen and oxygen atoms in total. The van der Waals surface area contributed by atoms with E-state index < -0.39 is 0 Å². The Morgan fingerprint density at radius 1 is 1.50 bits per heavy atom. The molecule has 0 amide bonds. The molecule has 78 valence electrons. The zero-order valence-corrected chi connectivity index (χ0v) is 9.01. The molecule has 0 radical (unpaired) electrons. The van der Waals surface area contributed by atoms with Gasteiger partial charge < -0.3 is 10.3 Å². The summed E-state index contributed by atoms with van der Waals surface area (Å²) in [6.45, 7) is 6.77. The van der Waals surface area contributed by atoms with Crippen LogP contribution in [0, 0.1) is 11.8 Å². The van der Waals surface area contributed by atoms with E-state index in [0.29, 0.717) is 5.92 Å². The second-order valence-electron chi connectivity index (χ2n) is 4.68. The highest BCUT2D eigenvalue weighted by molar-refractivity contribution is 5.03. The first-order chi connectivity index (χ1) is 6.74. The first-order valence-corrected chi connectivity index (χ1v) is 5.47. The Labute approximate surface area is 85.3 Å². The summed E-state index contributed by atoms with van der Waals surface area (Å²) in [5, 5.41) is 3.28. The highest BCUT2D eigenvalue weighted by Gasteiger charge is 2.18. The minimum absolute atomic E-state index is 0.702. The van der Waals surface area contributed by atoms with Crippen LogP contribution in [-0.4, -0.2) is 23.1 Å². The number of rotatable bonds is 4. The van der Waals surface area contributed by atoms with Crippen LogP contribution in [-0.2, 0) is 12.8 Å². The number of nitrogens with zero attached hydrogens (tertiary/aromatic N) is 1. The predicted molar refractivity (Wildman–Crippen MR) is 57.2 cm³/mol. The molecule has 1 aromatic rings. The molecular formula is C11H19N3. The SMILES string of the molecule is CC(C)Cc1cnc(CC2CNC2)[nH]1. The van der Waals surface area contributed by atoms with Gasteiger partial charge in [0.05, 0.1) is 0 Å². The third-order valence-electron chi connectivity index (χ3n) is 2.66. The lowest BCUT2D eigenvalue weighted by molar-refractivity contribution is 0.341. The maximum absolute atomic E-state index is 4.41. The molecule has 3 heteroatoms. The number of H-pyrrole nitrogens is 1. The molecule has 0 atom stereocenters. The first kappa shape index (κ1) is 9.71. The smallest absolute Gasteiger partial charge is 0.106 e. The summed E-state index contributed by atoms with van der Waals surface area (Å²) in [5.74, 6) is 2.66. The molecule has 0 aliphatic carbocycles. The summed E-state index contributed by atoms with van der Waals surface area (Å²) >= 11 is 0. The second-order valence-corrected chi connectivity index (χ2v) is 4.68. The van der Waals surface area contributed by atoms with E-state index in [1.54, 1.807) is 0 Å². The molecule has 1 saturated heterocycles. The van der Waals surface area contributed by atoms with E-state index in [0.717, 1.165) is 37.7 Å². The standard InChI is InChI=1S/C11H19N3/c1-8(2)3-10-7-13-11(14-10)4-9-5-12-6-9/h7-9,12H,3-6H2,1-2H3,(H,13,14). The Kier molecular flexibility index (Phi) is 2.87. The molecule has 1 aromatic heterocycles. The first-order valence-electron chi connectivity index (χ1n) is 5.47. The molecule has 1 aliphatic heterocycles. The molecule has 0 bridgehead atoms. The summed E-state index contributed by atoms with van der Waals surface area (Å²) in [5.41, 5.74) is 1.28. The molecule has 2 rings (SSSR count). The van der Waals surface area contributed by atoms with Crippen LogP contribution in [0.25, 0.3) is 0 Å². The van der Waals surface area contributed by atoms with Crippen molar-refractivity contribution in [2.24, 2.45) is 11.8 Å². The van der Waals surface area contributed by atoms with Crippen LogP contribution >= 0.6 is 0 Å². The molecule has 0 saturated carbocycles. The fraction of sp³-hybridized carbons (Fsp3) is 0.727. The average molecular weight is 193 g/mol. The number of imidazole rings is 1. The zero-order chi connectivity index (χ0) is 9.97. The van der Waals surface area contributed by atoms with E-state index in [1.807, 2.05) is 6.20 Å². The number of aromatic amines is 1. The van der Waals surface area contributed by atoms with Gasteiger partial charge in [0.1, 0.15) is 5.82 Å². The van der Waals surface area contributed by atoms with Crippen molar-refractivity contribution in [2.75, 3.05) is 13.1 Å². The number of nitrogens with one attached hydrogen (secondary N) is 2. The van der Waals surface area contributed by atoms with Gasteiger partial charge in [0, 0.05) is 18.3 Å². The second kappa shape index (κ2) is 4.13. The van der Waals surface area contributed by atoms with Crippen molar-refractivity contribution in [3.63, 3.8) is 0 Å². The minimum atomic E-state index is 0.702. The van der Waals surface area contributed by atoms with Crippen molar-refractivity contribution in [3.8, 4) is 0 Å². The van der Waals surface area contributed by atoms with Crippen LogP contribution in [0.3, 0.4) is 0 Å². The van der Waals surface area contributed by atoms with Crippen LogP contribution < -0.4 is 5.32 Å². The molecule has 2 N–H and O–H groups in total. The lowest BCUT2D eigenvalue weighted by Crippen LogP contribution is -2.43.